The fourth-order valence-corrected chi connectivity index (χ4v) is 2.42. The molecule has 0 aliphatic rings. The number of rotatable bonds is 7. The van der Waals surface area contributed by atoms with E-state index in [1.54, 1.807) is 31.2 Å². The van der Waals surface area contributed by atoms with E-state index in [-0.39, 0.29) is 11.8 Å². The molecule has 0 heterocycles. The summed E-state index contributed by atoms with van der Waals surface area (Å²) in [6, 6.07) is 6.92. The van der Waals surface area contributed by atoms with Crippen LogP contribution >= 0.6 is 0 Å². The Morgan fingerprint density at radius 2 is 2.00 bits per heavy atom. The SMILES string of the molecule is CCC(=O)Nc1cccc(C(=O)NC(C)(CN)CC(C)C)c1. The first-order chi connectivity index (χ1) is 10.3. The summed E-state index contributed by atoms with van der Waals surface area (Å²) < 4.78 is 0. The third-order valence-electron chi connectivity index (χ3n) is 3.45. The van der Waals surface area contributed by atoms with Gasteiger partial charge in [0, 0.05) is 29.8 Å². The van der Waals surface area contributed by atoms with Crippen LogP contribution in [0.15, 0.2) is 24.3 Å². The third-order valence-corrected chi connectivity index (χ3v) is 3.45. The van der Waals surface area contributed by atoms with E-state index < -0.39 is 5.54 Å². The highest BCUT2D eigenvalue weighted by atomic mass is 16.2. The summed E-state index contributed by atoms with van der Waals surface area (Å²) in [5, 5.41) is 5.76. The summed E-state index contributed by atoms with van der Waals surface area (Å²) in [5.74, 6) is 0.175. The Labute approximate surface area is 132 Å². The topological polar surface area (TPSA) is 84.2 Å². The molecule has 0 aliphatic carbocycles. The van der Waals surface area contributed by atoms with Crippen molar-refractivity contribution in [2.24, 2.45) is 11.7 Å². The van der Waals surface area contributed by atoms with Crippen molar-refractivity contribution in [1.29, 1.82) is 0 Å². The van der Waals surface area contributed by atoms with E-state index in [2.05, 4.69) is 24.5 Å². The van der Waals surface area contributed by atoms with Crippen LogP contribution in [0, 0.1) is 5.92 Å². The minimum Gasteiger partial charge on any atom is -0.346 e. The van der Waals surface area contributed by atoms with E-state index in [9.17, 15) is 9.59 Å². The number of benzene rings is 1. The summed E-state index contributed by atoms with van der Waals surface area (Å²) in [6.45, 7) is 8.31. The van der Waals surface area contributed by atoms with Crippen LogP contribution in [0.1, 0.15) is 50.9 Å². The fraction of sp³-hybridized carbons (Fsp3) is 0.529. The first kappa shape index (κ1) is 18.2. The molecule has 0 saturated carbocycles. The molecule has 1 atom stereocenters. The molecule has 1 unspecified atom stereocenters. The second kappa shape index (κ2) is 7.94. The molecule has 0 saturated heterocycles. The van der Waals surface area contributed by atoms with Crippen LogP contribution in [0.4, 0.5) is 5.69 Å². The molecule has 122 valence electrons. The highest BCUT2D eigenvalue weighted by Crippen LogP contribution is 2.17. The van der Waals surface area contributed by atoms with Crippen molar-refractivity contribution in [2.75, 3.05) is 11.9 Å². The largest absolute Gasteiger partial charge is 0.346 e. The van der Waals surface area contributed by atoms with Gasteiger partial charge in [0.15, 0.2) is 0 Å². The van der Waals surface area contributed by atoms with Crippen LogP contribution < -0.4 is 16.4 Å². The molecule has 1 aromatic rings. The first-order valence-corrected chi connectivity index (χ1v) is 7.72. The van der Waals surface area contributed by atoms with Gasteiger partial charge >= 0.3 is 0 Å². The van der Waals surface area contributed by atoms with Crippen molar-refractivity contribution in [2.45, 2.75) is 46.1 Å². The predicted octanol–water partition coefficient (Wildman–Crippen LogP) is 2.53. The molecule has 0 radical (unpaired) electrons. The molecule has 0 aliphatic heterocycles. The van der Waals surface area contributed by atoms with E-state index in [4.69, 9.17) is 5.73 Å². The van der Waals surface area contributed by atoms with E-state index in [0.29, 0.717) is 30.1 Å². The van der Waals surface area contributed by atoms with Crippen molar-refractivity contribution in [1.82, 2.24) is 5.32 Å². The summed E-state index contributed by atoms with van der Waals surface area (Å²) >= 11 is 0. The van der Waals surface area contributed by atoms with Gasteiger partial charge in [-0.25, -0.2) is 0 Å². The maximum absolute atomic E-state index is 12.4. The normalized spacial score (nSPS) is 13.5. The summed E-state index contributed by atoms with van der Waals surface area (Å²) in [5.41, 5.74) is 6.52. The molecule has 22 heavy (non-hydrogen) atoms. The molecule has 1 aromatic carbocycles. The molecule has 0 fully saturated rings. The maximum atomic E-state index is 12.4. The Hall–Kier alpha value is -1.88. The Morgan fingerprint density at radius 1 is 1.32 bits per heavy atom. The van der Waals surface area contributed by atoms with Crippen LogP contribution in [0.5, 0.6) is 0 Å². The molecule has 4 N–H and O–H groups in total. The highest BCUT2D eigenvalue weighted by molar-refractivity contribution is 5.97. The Kier molecular flexibility index (Phi) is 6.56. The molecule has 0 aromatic heterocycles. The third kappa shape index (κ3) is 5.48. The smallest absolute Gasteiger partial charge is 0.251 e. The van der Waals surface area contributed by atoms with Crippen molar-refractivity contribution in [3.63, 3.8) is 0 Å². The molecule has 1 rings (SSSR count). The van der Waals surface area contributed by atoms with Gasteiger partial charge in [-0.05, 0) is 37.5 Å². The first-order valence-electron chi connectivity index (χ1n) is 7.72. The lowest BCUT2D eigenvalue weighted by Crippen LogP contribution is -2.52. The minimum atomic E-state index is -0.437. The Bertz CT molecular complexity index is 528. The van der Waals surface area contributed by atoms with Gasteiger partial charge in [0.2, 0.25) is 5.91 Å². The van der Waals surface area contributed by atoms with Gasteiger partial charge in [0.1, 0.15) is 0 Å². The molecule has 5 heteroatoms. The number of carbonyl (C=O) groups is 2. The Balaban J connectivity index is 2.84. The average molecular weight is 305 g/mol. The lowest BCUT2D eigenvalue weighted by Gasteiger charge is -2.31. The van der Waals surface area contributed by atoms with Crippen molar-refractivity contribution in [3.8, 4) is 0 Å². The zero-order chi connectivity index (χ0) is 16.8. The minimum absolute atomic E-state index is 0.0795. The number of amides is 2. The van der Waals surface area contributed by atoms with Crippen LogP contribution in [0.3, 0.4) is 0 Å². The predicted molar refractivity (Wildman–Crippen MR) is 89.7 cm³/mol. The molecular formula is C17H27N3O2. The van der Waals surface area contributed by atoms with E-state index in [1.165, 1.54) is 0 Å². The van der Waals surface area contributed by atoms with Crippen molar-refractivity contribution >= 4 is 17.5 Å². The molecule has 2 amide bonds. The number of nitrogens with one attached hydrogen (secondary N) is 2. The van der Waals surface area contributed by atoms with Gasteiger partial charge in [0.25, 0.3) is 5.91 Å². The fourth-order valence-electron chi connectivity index (χ4n) is 2.42. The van der Waals surface area contributed by atoms with Crippen molar-refractivity contribution in [3.05, 3.63) is 29.8 Å². The van der Waals surface area contributed by atoms with Crippen LogP contribution in [0.2, 0.25) is 0 Å². The monoisotopic (exact) mass is 305 g/mol. The number of nitrogens with two attached hydrogens (primary N) is 1. The number of hydrogen-bond acceptors (Lipinski definition) is 3. The summed E-state index contributed by atoms with van der Waals surface area (Å²) in [6.07, 6.45) is 1.21. The van der Waals surface area contributed by atoms with Gasteiger partial charge in [-0.15, -0.1) is 0 Å². The van der Waals surface area contributed by atoms with E-state index in [1.807, 2.05) is 6.92 Å². The number of carbonyl (C=O) groups excluding carboxylic acids is 2. The van der Waals surface area contributed by atoms with E-state index in [0.717, 1.165) is 6.42 Å². The zero-order valence-electron chi connectivity index (χ0n) is 13.9. The summed E-state index contributed by atoms with van der Waals surface area (Å²) in [7, 11) is 0. The molecular weight excluding hydrogens is 278 g/mol. The lowest BCUT2D eigenvalue weighted by molar-refractivity contribution is -0.115. The maximum Gasteiger partial charge on any atom is 0.251 e. The second-order valence-corrected chi connectivity index (χ2v) is 6.30. The second-order valence-electron chi connectivity index (χ2n) is 6.30. The van der Waals surface area contributed by atoms with Crippen LogP contribution in [-0.4, -0.2) is 23.9 Å². The molecule has 0 spiro atoms. The zero-order valence-corrected chi connectivity index (χ0v) is 13.9. The number of anilines is 1. The van der Waals surface area contributed by atoms with Gasteiger partial charge in [-0.2, -0.15) is 0 Å². The van der Waals surface area contributed by atoms with E-state index >= 15 is 0 Å². The summed E-state index contributed by atoms with van der Waals surface area (Å²) in [4.78, 5) is 23.9. The highest BCUT2D eigenvalue weighted by Gasteiger charge is 2.26. The van der Waals surface area contributed by atoms with Gasteiger partial charge in [0.05, 0.1) is 0 Å². The lowest BCUT2D eigenvalue weighted by atomic mass is 9.90. The number of hydrogen-bond donors (Lipinski definition) is 3. The van der Waals surface area contributed by atoms with Crippen LogP contribution in [0.25, 0.3) is 0 Å². The average Bonchev–Trinajstić information content (AvgIpc) is 2.46. The quantitative estimate of drug-likeness (QED) is 0.723. The Morgan fingerprint density at radius 3 is 2.55 bits per heavy atom. The van der Waals surface area contributed by atoms with Crippen LogP contribution in [-0.2, 0) is 4.79 Å². The van der Waals surface area contributed by atoms with Gasteiger partial charge in [-0.1, -0.05) is 26.8 Å². The van der Waals surface area contributed by atoms with Gasteiger partial charge < -0.3 is 16.4 Å². The van der Waals surface area contributed by atoms with Crippen molar-refractivity contribution < 1.29 is 9.59 Å². The molecule has 0 bridgehead atoms. The van der Waals surface area contributed by atoms with Gasteiger partial charge in [-0.3, -0.25) is 9.59 Å². The standard InChI is InChI=1S/C17H27N3O2/c1-5-15(21)19-14-8-6-7-13(9-14)16(22)20-17(4,11-18)10-12(2)3/h6-9,12H,5,10-11,18H2,1-4H3,(H,19,21)(H,20,22). The molecule has 5 nitrogen and oxygen atoms in total.